The summed E-state index contributed by atoms with van der Waals surface area (Å²) >= 11 is 0. The molecule has 1 aromatic heterocycles. The lowest BCUT2D eigenvalue weighted by atomic mass is 10.2. The van der Waals surface area contributed by atoms with E-state index in [2.05, 4.69) is 10.4 Å². The zero-order valence-corrected chi connectivity index (χ0v) is 12.8. The number of anilines is 1. The molecule has 0 unspecified atom stereocenters. The third-order valence-corrected chi connectivity index (χ3v) is 3.37. The SMILES string of the molecule is COc1cccc(NC(=O)Cc2cnn(-c3ccccc3)c2)c1. The number of nitrogens with zero attached hydrogens (tertiary/aromatic N) is 2. The lowest BCUT2D eigenvalue weighted by molar-refractivity contribution is -0.115. The Kier molecular flexibility index (Phi) is 4.38. The molecule has 0 saturated heterocycles. The van der Waals surface area contributed by atoms with Gasteiger partial charge in [-0.2, -0.15) is 5.10 Å². The maximum atomic E-state index is 12.1. The molecule has 5 nitrogen and oxygen atoms in total. The summed E-state index contributed by atoms with van der Waals surface area (Å²) in [4.78, 5) is 12.1. The standard InChI is InChI=1S/C18H17N3O2/c1-23-17-9-5-6-15(11-17)20-18(22)10-14-12-19-21(13-14)16-7-3-2-4-8-16/h2-9,11-13H,10H2,1H3,(H,20,22). The van der Waals surface area contributed by atoms with E-state index >= 15 is 0 Å². The number of aromatic nitrogens is 2. The molecule has 0 aliphatic carbocycles. The zero-order chi connectivity index (χ0) is 16.1. The second-order valence-corrected chi connectivity index (χ2v) is 5.09. The van der Waals surface area contributed by atoms with Crippen LogP contribution in [0.3, 0.4) is 0 Å². The van der Waals surface area contributed by atoms with Gasteiger partial charge in [-0.15, -0.1) is 0 Å². The molecule has 0 saturated carbocycles. The van der Waals surface area contributed by atoms with E-state index in [9.17, 15) is 4.79 Å². The summed E-state index contributed by atoms with van der Waals surface area (Å²) in [6.07, 6.45) is 3.84. The highest BCUT2D eigenvalue weighted by atomic mass is 16.5. The number of nitrogens with one attached hydrogen (secondary N) is 1. The van der Waals surface area contributed by atoms with E-state index < -0.39 is 0 Å². The number of hydrogen-bond acceptors (Lipinski definition) is 3. The van der Waals surface area contributed by atoms with Crippen LogP contribution in [0.1, 0.15) is 5.56 Å². The molecule has 1 N–H and O–H groups in total. The molecule has 3 rings (SSSR count). The van der Waals surface area contributed by atoms with Gasteiger partial charge in [0.1, 0.15) is 5.75 Å². The van der Waals surface area contributed by atoms with Crippen molar-refractivity contribution in [3.05, 3.63) is 72.6 Å². The smallest absolute Gasteiger partial charge is 0.228 e. The molecular weight excluding hydrogens is 290 g/mol. The van der Waals surface area contributed by atoms with E-state index in [0.717, 1.165) is 11.3 Å². The highest BCUT2D eigenvalue weighted by Crippen LogP contribution is 2.17. The van der Waals surface area contributed by atoms with Gasteiger partial charge in [0.05, 0.1) is 25.4 Å². The minimum Gasteiger partial charge on any atom is -0.497 e. The van der Waals surface area contributed by atoms with Crippen LogP contribution in [0.25, 0.3) is 5.69 Å². The number of para-hydroxylation sites is 1. The summed E-state index contributed by atoms with van der Waals surface area (Å²) in [6.45, 7) is 0. The van der Waals surface area contributed by atoms with Crippen molar-refractivity contribution in [1.82, 2.24) is 9.78 Å². The molecular formula is C18H17N3O2. The summed E-state index contributed by atoms with van der Waals surface area (Å²) in [5.74, 6) is 0.616. The first-order chi connectivity index (χ1) is 11.2. The Bertz CT molecular complexity index is 797. The van der Waals surface area contributed by atoms with Crippen LogP contribution >= 0.6 is 0 Å². The highest BCUT2D eigenvalue weighted by molar-refractivity contribution is 5.92. The van der Waals surface area contributed by atoms with E-state index in [1.165, 1.54) is 0 Å². The van der Waals surface area contributed by atoms with Gasteiger partial charge in [0.15, 0.2) is 0 Å². The molecule has 0 aliphatic rings. The molecule has 0 atom stereocenters. The van der Waals surface area contributed by atoms with Gasteiger partial charge in [0.25, 0.3) is 0 Å². The van der Waals surface area contributed by atoms with Gasteiger partial charge in [0.2, 0.25) is 5.91 Å². The lowest BCUT2D eigenvalue weighted by Gasteiger charge is -2.06. The number of amides is 1. The Morgan fingerprint density at radius 3 is 2.78 bits per heavy atom. The molecule has 23 heavy (non-hydrogen) atoms. The molecule has 5 heteroatoms. The molecule has 1 amide bonds. The van der Waals surface area contributed by atoms with Crippen LogP contribution in [0.4, 0.5) is 5.69 Å². The van der Waals surface area contributed by atoms with E-state index in [-0.39, 0.29) is 12.3 Å². The number of methoxy groups -OCH3 is 1. The predicted molar refractivity (Wildman–Crippen MR) is 88.9 cm³/mol. The fourth-order valence-corrected chi connectivity index (χ4v) is 2.26. The van der Waals surface area contributed by atoms with Gasteiger partial charge in [-0.05, 0) is 29.8 Å². The van der Waals surface area contributed by atoms with Gasteiger partial charge in [-0.1, -0.05) is 24.3 Å². The Balaban J connectivity index is 1.65. The fraction of sp³-hybridized carbons (Fsp3) is 0.111. The second-order valence-electron chi connectivity index (χ2n) is 5.09. The van der Waals surface area contributed by atoms with Crippen molar-refractivity contribution in [3.63, 3.8) is 0 Å². The quantitative estimate of drug-likeness (QED) is 0.788. The molecule has 0 spiro atoms. The normalized spacial score (nSPS) is 10.3. The monoisotopic (exact) mass is 307 g/mol. The first kappa shape index (κ1) is 14.8. The van der Waals surface area contributed by atoms with Crippen molar-refractivity contribution in [2.75, 3.05) is 12.4 Å². The van der Waals surface area contributed by atoms with Crippen LogP contribution < -0.4 is 10.1 Å². The van der Waals surface area contributed by atoms with E-state index in [1.807, 2.05) is 54.7 Å². The maximum absolute atomic E-state index is 12.1. The van der Waals surface area contributed by atoms with Crippen LogP contribution in [-0.4, -0.2) is 22.8 Å². The second kappa shape index (κ2) is 6.79. The first-order valence-electron chi connectivity index (χ1n) is 7.27. The van der Waals surface area contributed by atoms with Crippen molar-refractivity contribution in [1.29, 1.82) is 0 Å². The zero-order valence-electron chi connectivity index (χ0n) is 12.8. The topological polar surface area (TPSA) is 56.1 Å². The summed E-state index contributed by atoms with van der Waals surface area (Å²) < 4.78 is 6.90. The van der Waals surface area contributed by atoms with Crippen LogP contribution in [0.15, 0.2) is 67.0 Å². The number of carbonyl (C=O) groups excluding carboxylic acids is 1. The summed E-state index contributed by atoms with van der Waals surface area (Å²) in [5, 5.41) is 7.15. The van der Waals surface area contributed by atoms with Gasteiger partial charge in [-0.3, -0.25) is 4.79 Å². The maximum Gasteiger partial charge on any atom is 0.228 e. The average Bonchev–Trinajstić information content (AvgIpc) is 3.04. The van der Waals surface area contributed by atoms with Crippen LogP contribution in [-0.2, 0) is 11.2 Å². The minimum atomic E-state index is -0.0918. The Labute approximate surface area is 134 Å². The largest absolute Gasteiger partial charge is 0.497 e. The van der Waals surface area contributed by atoms with E-state index in [1.54, 1.807) is 24.1 Å². The Hall–Kier alpha value is -3.08. The van der Waals surface area contributed by atoms with Crippen molar-refractivity contribution >= 4 is 11.6 Å². The number of carbonyl (C=O) groups is 1. The van der Waals surface area contributed by atoms with Crippen LogP contribution in [0, 0.1) is 0 Å². The van der Waals surface area contributed by atoms with Gasteiger partial charge >= 0.3 is 0 Å². The predicted octanol–water partition coefficient (Wildman–Crippen LogP) is 3.06. The fourth-order valence-electron chi connectivity index (χ4n) is 2.26. The van der Waals surface area contributed by atoms with Gasteiger partial charge < -0.3 is 10.1 Å². The molecule has 2 aromatic carbocycles. The van der Waals surface area contributed by atoms with Crippen molar-refractivity contribution in [3.8, 4) is 11.4 Å². The summed E-state index contributed by atoms with van der Waals surface area (Å²) in [7, 11) is 1.60. The Morgan fingerprint density at radius 2 is 2.00 bits per heavy atom. The van der Waals surface area contributed by atoms with Crippen molar-refractivity contribution < 1.29 is 9.53 Å². The average molecular weight is 307 g/mol. The number of benzene rings is 2. The third-order valence-electron chi connectivity index (χ3n) is 3.37. The molecule has 1 heterocycles. The summed E-state index contributed by atoms with van der Waals surface area (Å²) in [6, 6.07) is 17.1. The minimum absolute atomic E-state index is 0.0918. The summed E-state index contributed by atoms with van der Waals surface area (Å²) in [5.41, 5.74) is 2.53. The first-order valence-corrected chi connectivity index (χ1v) is 7.27. The molecule has 0 fully saturated rings. The lowest BCUT2D eigenvalue weighted by Crippen LogP contribution is -2.14. The molecule has 3 aromatic rings. The number of hydrogen-bond donors (Lipinski definition) is 1. The van der Waals surface area contributed by atoms with Gasteiger partial charge in [-0.25, -0.2) is 4.68 Å². The molecule has 0 bridgehead atoms. The number of ether oxygens (including phenoxy) is 1. The molecule has 0 aliphatic heterocycles. The third kappa shape index (κ3) is 3.77. The van der Waals surface area contributed by atoms with Crippen LogP contribution in [0.5, 0.6) is 5.75 Å². The van der Waals surface area contributed by atoms with Crippen LogP contribution in [0.2, 0.25) is 0 Å². The van der Waals surface area contributed by atoms with Gasteiger partial charge in [0, 0.05) is 18.0 Å². The molecule has 0 radical (unpaired) electrons. The number of rotatable bonds is 5. The van der Waals surface area contributed by atoms with E-state index in [4.69, 9.17) is 4.74 Å². The highest BCUT2D eigenvalue weighted by Gasteiger charge is 2.07. The van der Waals surface area contributed by atoms with Crippen molar-refractivity contribution in [2.24, 2.45) is 0 Å². The Morgan fingerprint density at radius 1 is 1.17 bits per heavy atom. The molecule has 116 valence electrons. The van der Waals surface area contributed by atoms with Crippen molar-refractivity contribution in [2.45, 2.75) is 6.42 Å². The van der Waals surface area contributed by atoms with E-state index in [0.29, 0.717) is 11.4 Å².